The van der Waals surface area contributed by atoms with E-state index in [1.54, 1.807) is 30.3 Å². The molecular weight excluding hydrogens is 356 g/mol. The Hall–Kier alpha value is -3.18. The van der Waals surface area contributed by atoms with Crippen LogP contribution in [0.4, 0.5) is 0 Å². The molecule has 1 atom stereocenters. The van der Waals surface area contributed by atoms with Gasteiger partial charge in [-0.25, -0.2) is 0 Å². The second kappa shape index (κ2) is 8.96. The average Bonchev–Trinajstić information content (AvgIpc) is 3.22. The summed E-state index contributed by atoms with van der Waals surface area (Å²) in [5, 5.41) is 7.62. The molecule has 1 aromatic heterocycles. The van der Waals surface area contributed by atoms with Gasteiger partial charge in [0.25, 0.3) is 11.8 Å². The smallest absolute Gasteiger partial charge is 0.268 e. The molecule has 2 N–H and O–H groups in total. The Morgan fingerprint density at radius 3 is 2.22 bits per heavy atom. The first-order chi connectivity index (χ1) is 13.1. The van der Waals surface area contributed by atoms with E-state index in [1.807, 2.05) is 60.8 Å². The number of benzene rings is 2. The third-order valence-electron chi connectivity index (χ3n) is 4.01. The second-order valence-corrected chi connectivity index (χ2v) is 6.98. The van der Waals surface area contributed by atoms with Crippen LogP contribution in [-0.2, 0) is 4.79 Å². The van der Waals surface area contributed by atoms with Gasteiger partial charge in [-0.2, -0.15) is 0 Å². The molecule has 3 rings (SSSR count). The predicted molar refractivity (Wildman–Crippen MR) is 109 cm³/mol. The highest BCUT2D eigenvalue weighted by Crippen LogP contribution is 2.15. The molecule has 4 nitrogen and oxygen atoms in total. The van der Waals surface area contributed by atoms with E-state index in [0.717, 1.165) is 10.4 Å². The zero-order valence-electron chi connectivity index (χ0n) is 14.9. The van der Waals surface area contributed by atoms with Crippen LogP contribution in [0.2, 0.25) is 0 Å². The fourth-order valence-electron chi connectivity index (χ4n) is 2.56. The minimum atomic E-state index is -0.330. The summed E-state index contributed by atoms with van der Waals surface area (Å²) in [5.41, 5.74) is 1.71. The van der Waals surface area contributed by atoms with Crippen molar-refractivity contribution in [1.29, 1.82) is 0 Å². The minimum absolute atomic E-state index is 0.181. The molecule has 136 valence electrons. The lowest BCUT2D eigenvalue weighted by Gasteiger charge is -2.16. The van der Waals surface area contributed by atoms with Crippen molar-refractivity contribution in [1.82, 2.24) is 10.6 Å². The third kappa shape index (κ3) is 5.15. The Labute approximate surface area is 162 Å². The average molecular weight is 376 g/mol. The van der Waals surface area contributed by atoms with Gasteiger partial charge in [-0.15, -0.1) is 11.3 Å². The molecule has 2 amide bonds. The first kappa shape index (κ1) is 18.6. The van der Waals surface area contributed by atoms with Crippen LogP contribution in [0.25, 0.3) is 6.08 Å². The molecule has 0 aliphatic rings. The van der Waals surface area contributed by atoms with E-state index in [4.69, 9.17) is 0 Å². The van der Waals surface area contributed by atoms with E-state index >= 15 is 0 Å². The number of hydrogen-bond donors (Lipinski definition) is 2. The number of hydrogen-bond acceptors (Lipinski definition) is 3. The molecule has 5 heteroatoms. The summed E-state index contributed by atoms with van der Waals surface area (Å²) >= 11 is 1.50. The largest absolute Gasteiger partial charge is 0.344 e. The van der Waals surface area contributed by atoms with Gasteiger partial charge in [-0.05, 0) is 42.1 Å². The van der Waals surface area contributed by atoms with Gasteiger partial charge >= 0.3 is 0 Å². The number of carbonyl (C=O) groups excluding carboxylic acids is 2. The maximum Gasteiger partial charge on any atom is 0.268 e. The first-order valence-corrected chi connectivity index (χ1v) is 9.49. The number of carbonyl (C=O) groups is 2. The summed E-state index contributed by atoms with van der Waals surface area (Å²) in [5.74, 6) is -0.648. The Morgan fingerprint density at radius 1 is 0.926 bits per heavy atom. The molecule has 0 aliphatic carbocycles. The van der Waals surface area contributed by atoms with Gasteiger partial charge in [-0.3, -0.25) is 9.59 Å². The topological polar surface area (TPSA) is 58.2 Å². The highest BCUT2D eigenvalue weighted by Gasteiger charge is 2.17. The van der Waals surface area contributed by atoms with Crippen molar-refractivity contribution in [2.45, 2.75) is 13.0 Å². The number of nitrogens with one attached hydrogen (secondary N) is 2. The number of rotatable bonds is 6. The van der Waals surface area contributed by atoms with Gasteiger partial charge in [-0.1, -0.05) is 54.6 Å². The molecule has 0 unspecified atom stereocenters. The van der Waals surface area contributed by atoms with Crippen LogP contribution < -0.4 is 10.6 Å². The van der Waals surface area contributed by atoms with Crippen LogP contribution in [0.15, 0.2) is 83.9 Å². The van der Waals surface area contributed by atoms with Gasteiger partial charge in [0, 0.05) is 10.4 Å². The van der Waals surface area contributed by atoms with Crippen molar-refractivity contribution in [3.63, 3.8) is 0 Å². The molecule has 27 heavy (non-hydrogen) atoms. The Kier molecular flexibility index (Phi) is 6.18. The standard InChI is InChI=1S/C22H20N2O2S/c1-16(17-9-4-2-5-10-17)23-22(26)20(15-19-13-8-14-27-19)24-21(25)18-11-6-3-7-12-18/h2-16H,1H3,(H,23,26)(H,24,25)/b20-15+/t16-/m1/s1. The molecule has 0 radical (unpaired) electrons. The molecule has 2 aromatic carbocycles. The Bertz CT molecular complexity index is 919. The van der Waals surface area contributed by atoms with E-state index in [0.29, 0.717) is 5.56 Å². The normalized spacial score (nSPS) is 12.3. The quantitative estimate of drug-likeness (QED) is 0.627. The SMILES string of the molecule is C[C@@H](NC(=O)/C(=C\c1cccs1)NC(=O)c1ccccc1)c1ccccc1. The van der Waals surface area contributed by atoms with Crippen molar-refractivity contribution in [3.8, 4) is 0 Å². The van der Waals surface area contributed by atoms with Crippen LogP contribution in [0.1, 0.15) is 33.8 Å². The van der Waals surface area contributed by atoms with Gasteiger partial charge in [0.15, 0.2) is 0 Å². The summed E-state index contributed by atoms with van der Waals surface area (Å²) < 4.78 is 0. The Morgan fingerprint density at radius 2 is 1.59 bits per heavy atom. The minimum Gasteiger partial charge on any atom is -0.344 e. The van der Waals surface area contributed by atoms with Crippen LogP contribution in [0.3, 0.4) is 0 Å². The molecular formula is C22H20N2O2S. The lowest BCUT2D eigenvalue weighted by atomic mass is 10.1. The van der Waals surface area contributed by atoms with Gasteiger partial charge in [0.1, 0.15) is 5.70 Å². The highest BCUT2D eigenvalue weighted by atomic mass is 32.1. The van der Waals surface area contributed by atoms with Gasteiger partial charge < -0.3 is 10.6 Å². The maximum atomic E-state index is 12.8. The summed E-state index contributed by atoms with van der Waals surface area (Å²) in [6, 6.07) is 22.1. The van der Waals surface area contributed by atoms with Gasteiger partial charge in [0.05, 0.1) is 6.04 Å². The maximum absolute atomic E-state index is 12.8. The van der Waals surface area contributed by atoms with Crippen LogP contribution in [0, 0.1) is 0 Å². The second-order valence-electron chi connectivity index (χ2n) is 6.00. The van der Waals surface area contributed by atoms with Crippen molar-refractivity contribution < 1.29 is 9.59 Å². The lowest BCUT2D eigenvalue weighted by molar-refractivity contribution is -0.118. The molecule has 0 aliphatic heterocycles. The highest BCUT2D eigenvalue weighted by molar-refractivity contribution is 7.10. The summed E-state index contributed by atoms with van der Waals surface area (Å²) in [6.07, 6.45) is 1.69. The van der Waals surface area contributed by atoms with E-state index in [1.165, 1.54) is 11.3 Å². The summed E-state index contributed by atoms with van der Waals surface area (Å²) in [7, 11) is 0. The number of thiophene rings is 1. The molecule has 0 fully saturated rings. The van der Waals surface area contributed by atoms with Crippen molar-refractivity contribution in [2.24, 2.45) is 0 Å². The predicted octanol–water partition coefficient (Wildman–Crippen LogP) is 4.40. The van der Waals surface area contributed by atoms with E-state index in [2.05, 4.69) is 10.6 Å². The van der Waals surface area contributed by atoms with Gasteiger partial charge in [0.2, 0.25) is 0 Å². The fourth-order valence-corrected chi connectivity index (χ4v) is 3.21. The van der Waals surface area contributed by atoms with Crippen LogP contribution >= 0.6 is 11.3 Å². The van der Waals surface area contributed by atoms with Crippen LogP contribution in [-0.4, -0.2) is 11.8 Å². The fraction of sp³-hybridized carbons (Fsp3) is 0.0909. The Balaban J connectivity index is 1.79. The summed E-state index contributed by atoms with van der Waals surface area (Å²) in [6.45, 7) is 1.91. The summed E-state index contributed by atoms with van der Waals surface area (Å²) in [4.78, 5) is 26.2. The number of amides is 2. The molecule has 0 spiro atoms. The molecule has 1 heterocycles. The molecule has 0 saturated carbocycles. The molecule has 3 aromatic rings. The van der Waals surface area contributed by atoms with E-state index < -0.39 is 0 Å². The molecule has 0 saturated heterocycles. The monoisotopic (exact) mass is 376 g/mol. The van der Waals surface area contributed by atoms with Crippen molar-refractivity contribution in [3.05, 3.63) is 99.9 Å². The lowest BCUT2D eigenvalue weighted by Crippen LogP contribution is -2.36. The van der Waals surface area contributed by atoms with Crippen LogP contribution in [0.5, 0.6) is 0 Å². The zero-order valence-corrected chi connectivity index (χ0v) is 15.7. The van der Waals surface area contributed by atoms with Crippen molar-refractivity contribution >= 4 is 29.2 Å². The third-order valence-corrected chi connectivity index (χ3v) is 4.83. The first-order valence-electron chi connectivity index (χ1n) is 8.61. The van der Waals surface area contributed by atoms with Crippen molar-refractivity contribution in [2.75, 3.05) is 0 Å². The molecule has 0 bridgehead atoms. The van der Waals surface area contributed by atoms with E-state index in [9.17, 15) is 9.59 Å². The van der Waals surface area contributed by atoms with E-state index in [-0.39, 0.29) is 23.6 Å². The zero-order chi connectivity index (χ0) is 19.1.